The monoisotopic (exact) mass is 241 g/mol. The van der Waals surface area contributed by atoms with Crippen molar-refractivity contribution in [1.82, 2.24) is 0 Å². The minimum Gasteiger partial charge on any atom is -0.506 e. The number of hydrogen-bond donors (Lipinski definition) is 1. The number of benzene rings is 2. The summed E-state index contributed by atoms with van der Waals surface area (Å²) in [5.74, 6) is -0.824. The number of carbonyl (C=O) groups excluding carboxylic acids is 1. The Hall–Kier alpha value is -2.54. The zero-order chi connectivity index (χ0) is 13.1. The molecule has 0 saturated heterocycles. The molecule has 0 saturated carbocycles. The van der Waals surface area contributed by atoms with Gasteiger partial charge < -0.3 is 9.84 Å². The van der Waals surface area contributed by atoms with E-state index in [1.54, 1.807) is 24.3 Å². The van der Waals surface area contributed by atoms with Crippen LogP contribution in [-0.4, -0.2) is 17.2 Å². The van der Waals surface area contributed by atoms with Crippen molar-refractivity contribution < 1.29 is 14.6 Å². The number of esters is 1. The molecule has 1 atom stereocenters. The lowest BCUT2D eigenvalue weighted by Gasteiger charge is -2.09. The Kier molecular flexibility index (Phi) is 3.16. The lowest BCUT2D eigenvalue weighted by molar-refractivity contribution is 0.0432. The molecule has 0 fully saturated rings. The Morgan fingerprint density at radius 2 is 2.06 bits per heavy atom. The van der Waals surface area contributed by atoms with Crippen LogP contribution >= 0.6 is 0 Å². The largest absolute Gasteiger partial charge is 0.506 e. The molecule has 18 heavy (non-hydrogen) atoms. The van der Waals surface area contributed by atoms with Crippen LogP contribution in [0.1, 0.15) is 17.3 Å². The van der Waals surface area contributed by atoms with Gasteiger partial charge in [-0.1, -0.05) is 30.3 Å². The first-order chi connectivity index (χ1) is 8.63. The van der Waals surface area contributed by atoms with E-state index in [0.29, 0.717) is 5.39 Å². The molecule has 2 aromatic carbocycles. The van der Waals surface area contributed by atoms with Crippen LogP contribution in [0.4, 0.5) is 0 Å². The predicted octanol–water partition coefficient (Wildman–Crippen LogP) is 2.61. The minimum absolute atomic E-state index is 0.0656. The van der Waals surface area contributed by atoms with Crippen molar-refractivity contribution in [2.45, 2.75) is 13.0 Å². The molecule has 0 bridgehead atoms. The molecule has 0 aromatic heterocycles. The molecule has 0 spiro atoms. The van der Waals surface area contributed by atoms with Crippen molar-refractivity contribution in [2.75, 3.05) is 0 Å². The fraction of sp³-hybridized carbons (Fsp3) is 0.143. The summed E-state index contributed by atoms with van der Waals surface area (Å²) in [6.07, 6.45) is -0.844. The normalized spacial score (nSPS) is 11.8. The summed E-state index contributed by atoms with van der Waals surface area (Å²) in [7, 11) is 0. The SMILES string of the molecule is C[C@H](C#N)OC(=O)c1ccc2ccccc2c1O. The van der Waals surface area contributed by atoms with Crippen LogP contribution in [0.5, 0.6) is 5.75 Å². The molecule has 0 aliphatic rings. The van der Waals surface area contributed by atoms with E-state index in [4.69, 9.17) is 10.00 Å². The molecule has 0 unspecified atom stereocenters. The second-order valence-electron chi connectivity index (χ2n) is 3.86. The molecule has 4 heteroatoms. The molecule has 2 rings (SSSR count). The van der Waals surface area contributed by atoms with Crippen molar-refractivity contribution in [2.24, 2.45) is 0 Å². The van der Waals surface area contributed by atoms with Gasteiger partial charge in [0.05, 0.1) is 0 Å². The number of nitriles is 1. The molecule has 0 aliphatic carbocycles. The molecular formula is C14H11NO3. The number of phenolic OH excluding ortho intramolecular Hbond substituents is 1. The van der Waals surface area contributed by atoms with Crippen LogP contribution in [0.25, 0.3) is 10.8 Å². The third-order valence-electron chi connectivity index (χ3n) is 2.59. The summed E-state index contributed by atoms with van der Waals surface area (Å²) in [6.45, 7) is 1.47. The van der Waals surface area contributed by atoms with Gasteiger partial charge in [0.15, 0.2) is 6.10 Å². The first-order valence-corrected chi connectivity index (χ1v) is 5.45. The zero-order valence-electron chi connectivity index (χ0n) is 9.75. The van der Waals surface area contributed by atoms with Crippen LogP contribution < -0.4 is 0 Å². The van der Waals surface area contributed by atoms with Gasteiger partial charge in [-0.05, 0) is 18.4 Å². The van der Waals surface area contributed by atoms with Gasteiger partial charge in [0.2, 0.25) is 0 Å². The molecule has 0 heterocycles. The van der Waals surface area contributed by atoms with Crippen molar-refractivity contribution >= 4 is 16.7 Å². The van der Waals surface area contributed by atoms with E-state index >= 15 is 0 Å². The topological polar surface area (TPSA) is 70.3 Å². The number of aromatic hydroxyl groups is 1. The number of ether oxygens (including phenoxy) is 1. The fourth-order valence-electron chi connectivity index (χ4n) is 1.67. The van der Waals surface area contributed by atoms with Crippen molar-refractivity contribution in [3.63, 3.8) is 0 Å². The highest BCUT2D eigenvalue weighted by molar-refractivity contribution is 6.01. The standard InChI is InChI=1S/C14H11NO3/c1-9(8-15)18-14(17)12-7-6-10-4-2-3-5-11(10)13(12)16/h2-7,9,16H,1H3/t9-/m1/s1. The first kappa shape index (κ1) is 11.9. The maximum Gasteiger partial charge on any atom is 0.343 e. The molecule has 0 radical (unpaired) electrons. The number of nitrogens with zero attached hydrogens (tertiary/aromatic N) is 1. The first-order valence-electron chi connectivity index (χ1n) is 5.45. The van der Waals surface area contributed by atoms with E-state index in [0.717, 1.165) is 5.39 Å². The predicted molar refractivity (Wildman–Crippen MR) is 66.1 cm³/mol. The lowest BCUT2D eigenvalue weighted by atomic mass is 10.1. The van der Waals surface area contributed by atoms with Gasteiger partial charge in [0.25, 0.3) is 0 Å². The second-order valence-corrected chi connectivity index (χ2v) is 3.86. The third kappa shape index (κ3) is 2.11. The fourth-order valence-corrected chi connectivity index (χ4v) is 1.67. The summed E-state index contributed by atoms with van der Waals surface area (Å²) < 4.78 is 4.86. The quantitative estimate of drug-likeness (QED) is 0.820. The Bertz CT molecular complexity index is 643. The number of carbonyl (C=O) groups is 1. The Labute approximate surface area is 104 Å². The summed E-state index contributed by atoms with van der Waals surface area (Å²) in [4.78, 5) is 11.7. The van der Waals surface area contributed by atoms with Crippen molar-refractivity contribution in [3.05, 3.63) is 42.0 Å². The summed E-state index contributed by atoms with van der Waals surface area (Å²) in [5, 5.41) is 20.0. The highest BCUT2D eigenvalue weighted by Crippen LogP contribution is 2.29. The Morgan fingerprint density at radius 3 is 2.78 bits per heavy atom. The highest BCUT2D eigenvalue weighted by atomic mass is 16.5. The van der Waals surface area contributed by atoms with Crippen LogP contribution in [-0.2, 0) is 4.74 Å². The van der Waals surface area contributed by atoms with Crippen molar-refractivity contribution in [1.29, 1.82) is 5.26 Å². The van der Waals surface area contributed by atoms with E-state index in [-0.39, 0.29) is 11.3 Å². The molecule has 4 nitrogen and oxygen atoms in total. The smallest absolute Gasteiger partial charge is 0.343 e. The summed E-state index contributed by atoms with van der Waals surface area (Å²) >= 11 is 0. The van der Waals surface area contributed by atoms with Gasteiger partial charge in [0, 0.05) is 5.39 Å². The summed E-state index contributed by atoms with van der Waals surface area (Å²) in [5.41, 5.74) is 0.0656. The molecule has 0 amide bonds. The zero-order valence-corrected chi connectivity index (χ0v) is 9.75. The van der Waals surface area contributed by atoms with Gasteiger partial charge in [0.1, 0.15) is 17.4 Å². The number of hydrogen-bond acceptors (Lipinski definition) is 4. The van der Waals surface area contributed by atoms with E-state index < -0.39 is 12.1 Å². The summed E-state index contributed by atoms with van der Waals surface area (Å²) in [6, 6.07) is 12.2. The molecule has 1 N–H and O–H groups in total. The number of fused-ring (bicyclic) bond motifs is 1. The molecule has 90 valence electrons. The highest BCUT2D eigenvalue weighted by Gasteiger charge is 2.17. The minimum atomic E-state index is -0.844. The van der Waals surface area contributed by atoms with Crippen molar-refractivity contribution in [3.8, 4) is 11.8 Å². The average Bonchev–Trinajstić information content (AvgIpc) is 2.39. The van der Waals surface area contributed by atoms with Crippen LogP contribution in [0.3, 0.4) is 0 Å². The van der Waals surface area contributed by atoms with Crippen LogP contribution in [0.2, 0.25) is 0 Å². The second kappa shape index (κ2) is 4.76. The van der Waals surface area contributed by atoms with Gasteiger partial charge in [-0.15, -0.1) is 0 Å². The van der Waals surface area contributed by atoms with E-state index in [9.17, 15) is 9.90 Å². The lowest BCUT2D eigenvalue weighted by Crippen LogP contribution is -2.13. The van der Waals surface area contributed by atoms with E-state index in [2.05, 4.69) is 0 Å². The number of rotatable bonds is 2. The van der Waals surface area contributed by atoms with E-state index in [1.807, 2.05) is 12.1 Å². The molecule has 2 aromatic rings. The van der Waals surface area contributed by atoms with Crippen LogP contribution in [0, 0.1) is 11.3 Å². The maximum atomic E-state index is 11.7. The maximum absolute atomic E-state index is 11.7. The van der Waals surface area contributed by atoms with Crippen LogP contribution in [0.15, 0.2) is 36.4 Å². The van der Waals surface area contributed by atoms with E-state index in [1.165, 1.54) is 13.0 Å². The third-order valence-corrected chi connectivity index (χ3v) is 2.59. The number of phenols is 1. The van der Waals surface area contributed by atoms with Gasteiger partial charge >= 0.3 is 5.97 Å². The Balaban J connectivity index is 2.44. The molecular weight excluding hydrogens is 230 g/mol. The van der Waals surface area contributed by atoms with Gasteiger partial charge in [-0.25, -0.2) is 4.79 Å². The average molecular weight is 241 g/mol. The van der Waals surface area contributed by atoms with Gasteiger partial charge in [-0.2, -0.15) is 5.26 Å². The van der Waals surface area contributed by atoms with Gasteiger partial charge in [-0.3, -0.25) is 0 Å². The molecule has 0 aliphatic heterocycles. The Morgan fingerprint density at radius 1 is 1.33 bits per heavy atom.